The van der Waals surface area contributed by atoms with Gasteiger partial charge in [-0.1, -0.05) is 6.92 Å². The van der Waals surface area contributed by atoms with Crippen LogP contribution in [0.4, 0.5) is 30.5 Å². The third-order valence-corrected chi connectivity index (χ3v) is 2.67. The SMILES string of the molecule is CCCc1nc(NN)cc(Nc2cc(F)c(F)cc2F)n1. The van der Waals surface area contributed by atoms with E-state index < -0.39 is 17.5 Å². The maximum Gasteiger partial charge on any atom is 0.161 e. The van der Waals surface area contributed by atoms with E-state index in [0.717, 1.165) is 12.5 Å². The molecule has 0 bridgehead atoms. The summed E-state index contributed by atoms with van der Waals surface area (Å²) in [4.78, 5) is 8.28. The van der Waals surface area contributed by atoms with Gasteiger partial charge in [0.05, 0.1) is 5.69 Å². The van der Waals surface area contributed by atoms with E-state index in [0.29, 0.717) is 24.1 Å². The summed E-state index contributed by atoms with van der Waals surface area (Å²) >= 11 is 0. The highest BCUT2D eigenvalue weighted by molar-refractivity contribution is 5.59. The lowest BCUT2D eigenvalue weighted by Gasteiger charge is -2.10. The number of aryl methyl sites for hydroxylation is 1. The van der Waals surface area contributed by atoms with Gasteiger partial charge in [-0.3, -0.25) is 0 Å². The van der Waals surface area contributed by atoms with Crippen molar-refractivity contribution in [1.82, 2.24) is 9.97 Å². The van der Waals surface area contributed by atoms with Gasteiger partial charge in [0.15, 0.2) is 11.6 Å². The Labute approximate surface area is 119 Å². The molecule has 0 atom stereocenters. The van der Waals surface area contributed by atoms with Crippen LogP contribution in [0.5, 0.6) is 0 Å². The molecule has 0 fully saturated rings. The van der Waals surface area contributed by atoms with Gasteiger partial charge < -0.3 is 10.7 Å². The first-order valence-corrected chi connectivity index (χ1v) is 6.29. The van der Waals surface area contributed by atoms with Crippen molar-refractivity contribution in [3.63, 3.8) is 0 Å². The first-order chi connectivity index (χ1) is 10.0. The predicted octanol–water partition coefficient (Wildman–Crippen LogP) is 2.88. The largest absolute Gasteiger partial charge is 0.338 e. The molecule has 4 N–H and O–H groups in total. The Kier molecular flexibility index (Phi) is 4.59. The first kappa shape index (κ1) is 15.0. The fraction of sp³-hybridized carbons (Fsp3) is 0.231. The molecule has 0 saturated heterocycles. The highest BCUT2D eigenvalue weighted by Gasteiger charge is 2.11. The number of nitrogen functional groups attached to an aromatic ring is 1. The van der Waals surface area contributed by atoms with E-state index in [-0.39, 0.29) is 11.5 Å². The van der Waals surface area contributed by atoms with Crippen molar-refractivity contribution in [3.8, 4) is 0 Å². The van der Waals surface area contributed by atoms with Crippen LogP contribution in [-0.2, 0) is 6.42 Å². The standard InChI is InChI=1S/C13H14F3N5/c1-2-3-11-19-12(6-13(20-11)21-17)18-10-5-8(15)7(14)4-9(10)16/h4-6H,2-3,17H2,1H3,(H2,18,19,20,21). The Hall–Kier alpha value is -2.35. The summed E-state index contributed by atoms with van der Waals surface area (Å²) in [5, 5.41) is 2.59. The monoisotopic (exact) mass is 297 g/mol. The Morgan fingerprint density at radius 3 is 2.33 bits per heavy atom. The number of nitrogens with two attached hydrogens (primary N) is 1. The van der Waals surface area contributed by atoms with Gasteiger partial charge in [-0.15, -0.1) is 0 Å². The van der Waals surface area contributed by atoms with E-state index >= 15 is 0 Å². The van der Waals surface area contributed by atoms with E-state index in [2.05, 4.69) is 20.7 Å². The Bertz CT molecular complexity index is 648. The minimum atomic E-state index is -1.25. The average Bonchev–Trinajstić information content (AvgIpc) is 2.45. The zero-order valence-electron chi connectivity index (χ0n) is 11.3. The van der Waals surface area contributed by atoms with E-state index in [1.165, 1.54) is 6.07 Å². The molecule has 0 aliphatic rings. The zero-order valence-corrected chi connectivity index (χ0v) is 11.3. The normalized spacial score (nSPS) is 10.5. The maximum absolute atomic E-state index is 13.6. The summed E-state index contributed by atoms with van der Waals surface area (Å²) < 4.78 is 39.6. The molecule has 8 heteroatoms. The van der Waals surface area contributed by atoms with Crippen molar-refractivity contribution in [3.05, 3.63) is 41.5 Å². The molecule has 2 rings (SSSR count). The Morgan fingerprint density at radius 1 is 1.00 bits per heavy atom. The van der Waals surface area contributed by atoms with Crippen molar-refractivity contribution in [2.45, 2.75) is 19.8 Å². The third-order valence-electron chi connectivity index (χ3n) is 2.67. The van der Waals surface area contributed by atoms with Crippen LogP contribution >= 0.6 is 0 Å². The number of rotatable bonds is 5. The van der Waals surface area contributed by atoms with Gasteiger partial charge >= 0.3 is 0 Å². The molecule has 112 valence electrons. The lowest BCUT2D eigenvalue weighted by atomic mass is 10.2. The number of hydrogen-bond acceptors (Lipinski definition) is 5. The van der Waals surface area contributed by atoms with Crippen LogP contribution in [-0.4, -0.2) is 9.97 Å². The van der Waals surface area contributed by atoms with Gasteiger partial charge in [-0.25, -0.2) is 29.0 Å². The van der Waals surface area contributed by atoms with Crippen molar-refractivity contribution in [2.75, 3.05) is 10.7 Å². The fourth-order valence-electron chi connectivity index (χ4n) is 1.73. The summed E-state index contributed by atoms with van der Waals surface area (Å²) in [6.07, 6.45) is 1.41. The van der Waals surface area contributed by atoms with Crippen LogP contribution in [0.3, 0.4) is 0 Å². The molecule has 0 aliphatic heterocycles. The van der Waals surface area contributed by atoms with Gasteiger partial charge in [-0.05, 0) is 6.42 Å². The topological polar surface area (TPSA) is 75.9 Å². The van der Waals surface area contributed by atoms with Crippen molar-refractivity contribution >= 4 is 17.3 Å². The molecule has 0 unspecified atom stereocenters. The summed E-state index contributed by atoms with van der Waals surface area (Å²) in [7, 11) is 0. The second-order valence-corrected chi connectivity index (χ2v) is 4.32. The minimum absolute atomic E-state index is 0.224. The number of benzene rings is 1. The molecule has 0 amide bonds. The summed E-state index contributed by atoms with van der Waals surface area (Å²) in [6, 6.07) is 2.62. The van der Waals surface area contributed by atoms with Crippen molar-refractivity contribution in [1.29, 1.82) is 0 Å². The number of nitrogens with zero attached hydrogens (tertiary/aromatic N) is 2. The minimum Gasteiger partial charge on any atom is -0.338 e. The van der Waals surface area contributed by atoms with Crippen LogP contribution in [0.2, 0.25) is 0 Å². The van der Waals surface area contributed by atoms with Gasteiger partial charge in [0.2, 0.25) is 0 Å². The summed E-state index contributed by atoms with van der Waals surface area (Å²) in [6.45, 7) is 1.95. The van der Waals surface area contributed by atoms with Crippen LogP contribution < -0.4 is 16.6 Å². The molecule has 21 heavy (non-hydrogen) atoms. The highest BCUT2D eigenvalue weighted by Crippen LogP contribution is 2.23. The number of hydrazine groups is 1. The first-order valence-electron chi connectivity index (χ1n) is 6.29. The van der Waals surface area contributed by atoms with Gasteiger partial charge in [0.1, 0.15) is 23.3 Å². The lowest BCUT2D eigenvalue weighted by molar-refractivity contribution is 0.496. The Balaban J connectivity index is 2.34. The maximum atomic E-state index is 13.6. The van der Waals surface area contributed by atoms with Gasteiger partial charge in [0, 0.05) is 24.6 Å². The molecule has 5 nitrogen and oxygen atoms in total. The molecule has 0 radical (unpaired) electrons. The van der Waals surface area contributed by atoms with E-state index in [1.807, 2.05) is 6.92 Å². The second-order valence-electron chi connectivity index (χ2n) is 4.32. The van der Waals surface area contributed by atoms with E-state index in [9.17, 15) is 13.2 Å². The quantitative estimate of drug-likeness (QED) is 0.449. The number of halogens is 3. The number of aromatic nitrogens is 2. The number of nitrogens with one attached hydrogen (secondary N) is 2. The molecular weight excluding hydrogens is 283 g/mol. The molecule has 1 aromatic carbocycles. The van der Waals surface area contributed by atoms with Crippen LogP contribution in [0.1, 0.15) is 19.2 Å². The average molecular weight is 297 g/mol. The number of anilines is 3. The predicted molar refractivity (Wildman–Crippen MR) is 73.4 cm³/mol. The second kappa shape index (κ2) is 6.40. The molecule has 0 spiro atoms. The molecule has 0 aliphatic carbocycles. The molecular formula is C13H14F3N5. The van der Waals surface area contributed by atoms with E-state index in [1.54, 1.807) is 0 Å². The summed E-state index contributed by atoms with van der Waals surface area (Å²) in [5.41, 5.74) is 2.14. The van der Waals surface area contributed by atoms with Gasteiger partial charge in [0.25, 0.3) is 0 Å². The van der Waals surface area contributed by atoms with Crippen LogP contribution in [0.15, 0.2) is 18.2 Å². The Morgan fingerprint density at radius 2 is 1.67 bits per heavy atom. The molecule has 2 aromatic rings. The zero-order chi connectivity index (χ0) is 15.4. The molecule has 1 aromatic heterocycles. The molecule has 0 saturated carbocycles. The molecule has 1 heterocycles. The summed E-state index contributed by atoms with van der Waals surface area (Å²) in [5.74, 6) is 3.03. The third kappa shape index (κ3) is 3.60. The highest BCUT2D eigenvalue weighted by atomic mass is 19.2. The van der Waals surface area contributed by atoms with Crippen LogP contribution in [0.25, 0.3) is 0 Å². The van der Waals surface area contributed by atoms with Gasteiger partial charge in [-0.2, -0.15) is 0 Å². The smallest absolute Gasteiger partial charge is 0.161 e. The number of hydrogen-bond donors (Lipinski definition) is 3. The van der Waals surface area contributed by atoms with E-state index in [4.69, 9.17) is 5.84 Å². The lowest BCUT2D eigenvalue weighted by Crippen LogP contribution is -2.11. The van der Waals surface area contributed by atoms with Crippen molar-refractivity contribution < 1.29 is 13.2 Å². The van der Waals surface area contributed by atoms with Crippen LogP contribution in [0, 0.1) is 17.5 Å². The fourth-order valence-corrected chi connectivity index (χ4v) is 1.73. The van der Waals surface area contributed by atoms with Crippen molar-refractivity contribution in [2.24, 2.45) is 5.84 Å².